The molecule has 0 saturated heterocycles. The predicted octanol–water partition coefficient (Wildman–Crippen LogP) is 3.01. The highest BCUT2D eigenvalue weighted by Crippen LogP contribution is 2.20. The number of esters is 1. The Morgan fingerprint density at radius 1 is 1.19 bits per heavy atom. The third kappa shape index (κ3) is 3.56. The van der Waals surface area contributed by atoms with Gasteiger partial charge in [0, 0.05) is 7.05 Å². The monoisotopic (exact) mass is 390 g/mol. The van der Waals surface area contributed by atoms with Crippen LogP contribution in [0.3, 0.4) is 0 Å². The van der Waals surface area contributed by atoms with Crippen molar-refractivity contribution in [3.63, 3.8) is 0 Å². The van der Waals surface area contributed by atoms with Crippen molar-refractivity contribution in [1.82, 2.24) is 4.57 Å². The van der Waals surface area contributed by atoms with E-state index in [1.807, 2.05) is 6.92 Å². The van der Waals surface area contributed by atoms with Crippen molar-refractivity contribution < 1.29 is 17.9 Å². The first kappa shape index (κ1) is 18.3. The summed E-state index contributed by atoms with van der Waals surface area (Å²) in [4.78, 5) is 12.4. The van der Waals surface area contributed by atoms with Gasteiger partial charge in [-0.05, 0) is 44.2 Å². The standard InChI is InChI=1S/C18H18N2O4S2/c1-4-24-17(21)13-7-10-15-16(11-13)25-18(20(15)3)19-26(22,23)14-8-5-12(2)6-9-14/h5-11H,4H2,1-3H3. The summed E-state index contributed by atoms with van der Waals surface area (Å²) in [5.74, 6) is -0.406. The third-order valence-corrected chi connectivity index (χ3v) is 6.33. The normalized spacial score (nSPS) is 12.5. The van der Waals surface area contributed by atoms with E-state index in [0.717, 1.165) is 15.8 Å². The van der Waals surface area contributed by atoms with E-state index in [-0.39, 0.29) is 4.90 Å². The molecule has 136 valence electrons. The molecule has 0 aliphatic heterocycles. The van der Waals surface area contributed by atoms with Crippen molar-refractivity contribution in [3.8, 4) is 0 Å². The molecular formula is C18H18N2O4S2. The van der Waals surface area contributed by atoms with Gasteiger partial charge in [-0.2, -0.15) is 8.42 Å². The summed E-state index contributed by atoms with van der Waals surface area (Å²) in [5, 5.41) is 0. The van der Waals surface area contributed by atoms with Crippen LogP contribution >= 0.6 is 11.3 Å². The zero-order valence-electron chi connectivity index (χ0n) is 14.6. The zero-order valence-corrected chi connectivity index (χ0v) is 16.2. The Morgan fingerprint density at radius 3 is 2.54 bits per heavy atom. The van der Waals surface area contributed by atoms with Gasteiger partial charge in [-0.15, -0.1) is 4.40 Å². The average molecular weight is 390 g/mol. The topological polar surface area (TPSA) is 77.7 Å². The first-order valence-electron chi connectivity index (χ1n) is 7.96. The lowest BCUT2D eigenvalue weighted by Crippen LogP contribution is -2.13. The molecule has 3 rings (SSSR count). The molecule has 0 fully saturated rings. The number of sulfonamides is 1. The summed E-state index contributed by atoms with van der Waals surface area (Å²) in [6, 6.07) is 11.7. The molecule has 0 atom stereocenters. The minimum Gasteiger partial charge on any atom is -0.462 e. The van der Waals surface area contributed by atoms with Crippen LogP contribution in [-0.4, -0.2) is 25.6 Å². The van der Waals surface area contributed by atoms with Crippen LogP contribution in [0.5, 0.6) is 0 Å². The van der Waals surface area contributed by atoms with Crippen LogP contribution < -0.4 is 4.80 Å². The molecule has 0 saturated carbocycles. The number of thiazole rings is 1. The molecule has 0 unspecified atom stereocenters. The molecule has 2 aromatic carbocycles. The van der Waals surface area contributed by atoms with E-state index in [2.05, 4.69) is 4.40 Å². The molecule has 0 spiro atoms. The highest BCUT2D eigenvalue weighted by Gasteiger charge is 2.15. The largest absolute Gasteiger partial charge is 0.462 e. The number of fused-ring (bicyclic) bond motifs is 1. The van der Waals surface area contributed by atoms with Gasteiger partial charge in [-0.25, -0.2) is 4.79 Å². The fraction of sp³-hybridized carbons (Fsp3) is 0.222. The van der Waals surface area contributed by atoms with Crippen LogP contribution in [0.25, 0.3) is 10.2 Å². The van der Waals surface area contributed by atoms with E-state index in [9.17, 15) is 13.2 Å². The summed E-state index contributed by atoms with van der Waals surface area (Å²) in [5.41, 5.74) is 2.19. The van der Waals surface area contributed by atoms with Crippen molar-refractivity contribution >= 4 is 37.5 Å². The van der Waals surface area contributed by atoms with Crippen LogP contribution in [-0.2, 0) is 21.8 Å². The lowest BCUT2D eigenvalue weighted by Gasteiger charge is -2.02. The number of ether oxygens (including phenoxy) is 1. The Bertz CT molecular complexity index is 1140. The number of carbonyl (C=O) groups excluding carboxylic acids is 1. The smallest absolute Gasteiger partial charge is 0.338 e. The average Bonchev–Trinajstić information content (AvgIpc) is 2.90. The molecular weight excluding hydrogens is 372 g/mol. The molecule has 0 bridgehead atoms. The van der Waals surface area contributed by atoms with Crippen LogP contribution in [0.15, 0.2) is 51.8 Å². The van der Waals surface area contributed by atoms with Crippen molar-refractivity contribution in [2.45, 2.75) is 18.7 Å². The Kier molecular flexibility index (Phi) is 4.97. The maximum absolute atomic E-state index is 12.6. The second-order valence-corrected chi connectivity index (χ2v) is 8.34. The second kappa shape index (κ2) is 7.05. The Morgan fingerprint density at radius 2 is 1.88 bits per heavy atom. The van der Waals surface area contributed by atoms with Crippen molar-refractivity contribution in [1.29, 1.82) is 0 Å². The van der Waals surface area contributed by atoms with Crippen LogP contribution in [0.2, 0.25) is 0 Å². The minimum absolute atomic E-state index is 0.146. The van der Waals surface area contributed by atoms with Gasteiger partial charge in [-0.1, -0.05) is 29.0 Å². The highest BCUT2D eigenvalue weighted by atomic mass is 32.2. The number of carbonyl (C=O) groups is 1. The Hall–Kier alpha value is -2.45. The van der Waals surface area contributed by atoms with Crippen molar-refractivity contribution in [2.24, 2.45) is 11.4 Å². The minimum atomic E-state index is -3.81. The van der Waals surface area contributed by atoms with Crippen LogP contribution in [0.1, 0.15) is 22.8 Å². The first-order valence-corrected chi connectivity index (χ1v) is 10.2. The Labute approximate surface area is 155 Å². The van der Waals surface area contributed by atoms with Crippen LogP contribution in [0, 0.1) is 6.92 Å². The SMILES string of the molecule is CCOC(=O)c1ccc2c(c1)sc(=NS(=O)(=O)c1ccc(C)cc1)n2C. The van der Waals surface area contributed by atoms with Gasteiger partial charge in [0.05, 0.1) is 27.3 Å². The quantitative estimate of drug-likeness (QED) is 0.642. The molecule has 0 aliphatic rings. The summed E-state index contributed by atoms with van der Waals surface area (Å²) in [7, 11) is -2.07. The van der Waals surface area contributed by atoms with Gasteiger partial charge in [0.1, 0.15) is 0 Å². The number of rotatable bonds is 4. The number of hydrogen-bond acceptors (Lipinski definition) is 5. The first-order chi connectivity index (χ1) is 12.3. The van der Waals surface area contributed by atoms with Gasteiger partial charge in [0.2, 0.25) is 4.80 Å². The second-order valence-electron chi connectivity index (χ2n) is 5.73. The lowest BCUT2D eigenvalue weighted by molar-refractivity contribution is 0.0526. The molecule has 1 aromatic heterocycles. The molecule has 8 heteroatoms. The predicted molar refractivity (Wildman–Crippen MR) is 101 cm³/mol. The maximum atomic E-state index is 12.6. The summed E-state index contributed by atoms with van der Waals surface area (Å²) in [6.45, 7) is 3.93. The highest BCUT2D eigenvalue weighted by molar-refractivity contribution is 7.90. The molecule has 0 radical (unpaired) electrons. The summed E-state index contributed by atoms with van der Waals surface area (Å²) < 4.78 is 36.5. The molecule has 26 heavy (non-hydrogen) atoms. The van der Waals surface area contributed by atoms with Gasteiger partial charge in [0.25, 0.3) is 10.0 Å². The molecule has 3 aromatic rings. The number of benzene rings is 2. The maximum Gasteiger partial charge on any atom is 0.338 e. The molecule has 0 amide bonds. The molecule has 0 N–H and O–H groups in total. The zero-order chi connectivity index (χ0) is 18.9. The molecule has 1 heterocycles. The van der Waals surface area contributed by atoms with Gasteiger partial charge in [0.15, 0.2) is 0 Å². The van der Waals surface area contributed by atoms with Gasteiger partial charge >= 0.3 is 5.97 Å². The third-order valence-electron chi connectivity index (χ3n) is 3.84. The van der Waals surface area contributed by atoms with Gasteiger partial charge < -0.3 is 9.30 Å². The summed E-state index contributed by atoms with van der Waals surface area (Å²) >= 11 is 1.21. The fourth-order valence-corrected chi connectivity index (χ4v) is 4.71. The van der Waals surface area contributed by atoms with Crippen LogP contribution in [0.4, 0.5) is 0 Å². The van der Waals surface area contributed by atoms with E-state index >= 15 is 0 Å². The van der Waals surface area contributed by atoms with E-state index in [1.165, 1.54) is 11.3 Å². The number of hydrogen-bond donors (Lipinski definition) is 0. The molecule has 6 nitrogen and oxygen atoms in total. The number of aryl methyl sites for hydroxylation is 2. The number of nitrogens with zero attached hydrogens (tertiary/aromatic N) is 2. The van der Waals surface area contributed by atoms with E-state index in [0.29, 0.717) is 17.0 Å². The number of aromatic nitrogens is 1. The van der Waals surface area contributed by atoms with Crippen molar-refractivity contribution in [2.75, 3.05) is 6.61 Å². The lowest BCUT2D eigenvalue weighted by atomic mass is 10.2. The molecule has 0 aliphatic carbocycles. The van der Waals surface area contributed by atoms with E-state index in [1.54, 1.807) is 61.0 Å². The van der Waals surface area contributed by atoms with Gasteiger partial charge in [-0.3, -0.25) is 0 Å². The van der Waals surface area contributed by atoms with E-state index in [4.69, 9.17) is 4.74 Å². The Balaban J connectivity index is 2.10. The fourth-order valence-electron chi connectivity index (χ4n) is 2.43. The summed E-state index contributed by atoms with van der Waals surface area (Å²) in [6.07, 6.45) is 0. The van der Waals surface area contributed by atoms with E-state index < -0.39 is 16.0 Å². The van der Waals surface area contributed by atoms with Crippen molar-refractivity contribution in [3.05, 3.63) is 58.4 Å².